The van der Waals surface area contributed by atoms with Crippen molar-refractivity contribution in [1.29, 1.82) is 0 Å². The zero-order chi connectivity index (χ0) is 13.2. The van der Waals surface area contributed by atoms with Gasteiger partial charge in [0, 0.05) is 11.3 Å². The zero-order valence-electron chi connectivity index (χ0n) is 10.6. The first-order valence-corrected chi connectivity index (χ1v) is 6.28. The lowest BCUT2D eigenvalue weighted by Gasteiger charge is -2.11. The summed E-state index contributed by atoms with van der Waals surface area (Å²) in [5.74, 6) is 0. The summed E-state index contributed by atoms with van der Waals surface area (Å²) >= 11 is 0. The maximum atomic E-state index is 6.16. The van der Waals surface area contributed by atoms with Crippen molar-refractivity contribution in [2.45, 2.75) is 0 Å². The Morgan fingerprint density at radius 2 is 1.37 bits per heavy atom. The van der Waals surface area contributed by atoms with Crippen LogP contribution in [0.2, 0.25) is 0 Å². The number of benzene rings is 3. The summed E-state index contributed by atoms with van der Waals surface area (Å²) in [5.41, 5.74) is 10.0. The van der Waals surface area contributed by atoms with Crippen molar-refractivity contribution in [3.63, 3.8) is 0 Å². The second kappa shape index (κ2) is 4.62. The van der Waals surface area contributed by atoms with Crippen molar-refractivity contribution < 1.29 is 0 Å². The van der Waals surface area contributed by atoms with E-state index in [2.05, 4.69) is 36.9 Å². The van der Waals surface area contributed by atoms with Crippen molar-refractivity contribution >= 4 is 22.0 Å². The van der Waals surface area contributed by atoms with E-state index < -0.39 is 0 Å². The van der Waals surface area contributed by atoms with Gasteiger partial charge >= 0.3 is 0 Å². The van der Waals surface area contributed by atoms with Gasteiger partial charge in [-0.2, -0.15) is 0 Å². The van der Waals surface area contributed by atoms with E-state index in [0.717, 1.165) is 27.8 Å². The largest absolute Gasteiger partial charge is 0.398 e. The Morgan fingerprint density at radius 1 is 0.789 bits per heavy atom. The van der Waals surface area contributed by atoms with Gasteiger partial charge in [0.15, 0.2) is 0 Å². The van der Waals surface area contributed by atoms with Crippen molar-refractivity contribution in [2.24, 2.45) is 0 Å². The van der Waals surface area contributed by atoms with E-state index in [1.807, 2.05) is 36.4 Å². The van der Waals surface area contributed by atoms with Crippen molar-refractivity contribution in [3.8, 4) is 0 Å². The Balaban J connectivity index is 2.15. The van der Waals surface area contributed by atoms with E-state index in [4.69, 9.17) is 5.73 Å². The number of nitrogens with two attached hydrogens (primary N) is 1. The Kier molecular flexibility index (Phi) is 2.81. The lowest BCUT2D eigenvalue weighted by molar-refractivity contribution is 1.57. The van der Waals surface area contributed by atoms with Gasteiger partial charge in [-0.25, -0.2) is 0 Å². The quantitative estimate of drug-likeness (QED) is 0.662. The average Bonchev–Trinajstić information content (AvgIpc) is 2.47. The molecule has 19 heavy (non-hydrogen) atoms. The van der Waals surface area contributed by atoms with Crippen LogP contribution < -0.4 is 5.73 Å². The summed E-state index contributed by atoms with van der Waals surface area (Å²) in [7, 11) is 0. The number of hydrogen-bond donors (Lipinski definition) is 1. The van der Waals surface area contributed by atoms with Gasteiger partial charge in [0.25, 0.3) is 0 Å². The highest BCUT2D eigenvalue weighted by Crippen LogP contribution is 2.30. The predicted molar refractivity (Wildman–Crippen MR) is 82.9 cm³/mol. The van der Waals surface area contributed by atoms with Gasteiger partial charge < -0.3 is 5.73 Å². The zero-order valence-corrected chi connectivity index (χ0v) is 10.6. The first-order valence-electron chi connectivity index (χ1n) is 6.28. The molecule has 0 radical (unpaired) electrons. The molecule has 0 amide bonds. The molecule has 0 unspecified atom stereocenters. The maximum absolute atomic E-state index is 6.16. The van der Waals surface area contributed by atoms with E-state index in [9.17, 15) is 0 Å². The first kappa shape index (κ1) is 11.5. The molecular weight excluding hydrogens is 230 g/mol. The van der Waals surface area contributed by atoms with Gasteiger partial charge in [-0.1, -0.05) is 61.2 Å². The molecule has 92 valence electrons. The summed E-state index contributed by atoms with van der Waals surface area (Å²) in [6.07, 6.45) is 0. The fourth-order valence-corrected chi connectivity index (χ4v) is 2.31. The fourth-order valence-electron chi connectivity index (χ4n) is 2.31. The van der Waals surface area contributed by atoms with Gasteiger partial charge in [0.1, 0.15) is 0 Å². The smallest absolute Gasteiger partial charge is 0.0400 e. The highest BCUT2D eigenvalue weighted by molar-refractivity contribution is 5.94. The van der Waals surface area contributed by atoms with Crippen LogP contribution in [0.1, 0.15) is 11.1 Å². The Labute approximate surface area is 113 Å². The third-order valence-electron chi connectivity index (χ3n) is 3.37. The van der Waals surface area contributed by atoms with Crippen LogP contribution in [0.15, 0.2) is 73.3 Å². The van der Waals surface area contributed by atoms with E-state index >= 15 is 0 Å². The highest BCUT2D eigenvalue weighted by atomic mass is 14.6. The molecule has 3 aromatic carbocycles. The molecule has 0 saturated heterocycles. The van der Waals surface area contributed by atoms with Gasteiger partial charge in [-0.05, 0) is 34.0 Å². The van der Waals surface area contributed by atoms with Crippen LogP contribution in [0.3, 0.4) is 0 Å². The molecule has 0 aliphatic rings. The van der Waals surface area contributed by atoms with Crippen LogP contribution >= 0.6 is 0 Å². The molecule has 0 aliphatic heterocycles. The van der Waals surface area contributed by atoms with Crippen LogP contribution in [-0.4, -0.2) is 0 Å². The molecule has 2 N–H and O–H groups in total. The average molecular weight is 245 g/mol. The van der Waals surface area contributed by atoms with Crippen LogP contribution in [0, 0.1) is 0 Å². The molecule has 0 heterocycles. The summed E-state index contributed by atoms with van der Waals surface area (Å²) in [6.45, 7) is 4.18. The lowest BCUT2D eigenvalue weighted by atomic mass is 9.95. The molecular formula is C18H15N. The molecule has 0 bridgehead atoms. The lowest BCUT2D eigenvalue weighted by Crippen LogP contribution is -1.94. The summed E-state index contributed by atoms with van der Waals surface area (Å²) in [4.78, 5) is 0. The Hall–Kier alpha value is -2.54. The minimum atomic E-state index is 0.771. The van der Waals surface area contributed by atoms with E-state index in [1.165, 1.54) is 5.39 Å². The topological polar surface area (TPSA) is 26.0 Å². The second-order valence-corrected chi connectivity index (χ2v) is 4.63. The van der Waals surface area contributed by atoms with E-state index in [-0.39, 0.29) is 0 Å². The Bertz CT molecular complexity index is 742. The van der Waals surface area contributed by atoms with Crippen LogP contribution in [0.5, 0.6) is 0 Å². The molecule has 0 aromatic heterocycles. The van der Waals surface area contributed by atoms with Crippen molar-refractivity contribution in [1.82, 2.24) is 0 Å². The number of anilines is 1. The third kappa shape index (κ3) is 2.11. The summed E-state index contributed by atoms with van der Waals surface area (Å²) in [6, 6.07) is 22.5. The predicted octanol–water partition coefficient (Wildman–Crippen LogP) is 4.48. The third-order valence-corrected chi connectivity index (χ3v) is 3.37. The van der Waals surface area contributed by atoms with Crippen molar-refractivity contribution in [2.75, 3.05) is 5.73 Å². The summed E-state index contributed by atoms with van der Waals surface area (Å²) < 4.78 is 0. The normalized spacial score (nSPS) is 10.5. The number of nitrogen functional groups attached to an aromatic ring is 1. The fraction of sp³-hybridized carbons (Fsp3) is 0. The van der Waals surface area contributed by atoms with Crippen LogP contribution in [0.4, 0.5) is 5.69 Å². The van der Waals surface area contributed by atoms with Gasteiger partial charge in [0.2, 0.25) is 0 Å². The number of rotatable bonds is 2. The van der Waals surface area contributed by atoms with Crippen LogP contribution in [-0.2, 0) is 0 Å². The minimum absolute atomic E-state index is 0.771. The maximum Gasteiger partial charge on any atom is 0.0400 e. The molecule has 0 aliphatic carbocycles. The molecule has 1 heteroatoms. The molecule has 0 saturated carbocycles. The van der Waals surface area contributed by atoms with Crippen LogP contribution in [0.25, 0.3) is 16.3 Å². The monoisotopic (exact) mass is 245 g/mol. The van der Waals surface area contributed by atoms with Gasteiger partial charge in [-0.3, -0.25) is 0 Å². The van der Waals surface area contributed by atoms with Crippen molar-refractivity contribution in [3.05, 3.63) is 84.4 Å². The number of fused-ring (bicyclic) bond motifs is 1. The molecule has 3 aromatic rings. The van der Waals surface area contributed by atoms with Gasteiger partial charge in [-0.15, -0.1) is 0 Å². The SMILES string of the molecule is C=C(c1ccccc1)c1cc2ccccc2cc1N. The van der Waals surface area contributed by atoms with E-state index in [0.29, 0.717) is 0 Å². The number of hydrogen-bond acceptors (Lipinski definition) is 1. The first-order chi connectivity index (χ1) is 9.25. The molecule has 0 atom stereocenters. The Morgan fingerprint density at radius 3 is 2.05 bits per heavy atom. The highest BCUT2D eigenvalue weighted by Gasteiger charge is 2.07. The molecule has 1 nitrogen and oxygen atoms in total. The molecule has 0 spiro atoms. The second-order valence-electron chi connectivity index (χ2n) is 4.63. The van der Waals surface area contributed by atoms with Gasteiger partial charge in [0.05, 0.1) is 0 Å². The van der Waals surface area contributed by atoms with E-state index in [1.54, 1.807) is 0 Å². The molecule has 3 rings (SSSR count). The summed E-state index contributed by atoms with van der Waals surface area (Å²) in [5, 5.41) is 2.34. The minimum Gasteiger partial charge on any atom is -0.398 e. The molecule has 0 fully saturated rings. The standard InChI is InChI=1S/C18H15N/c1-13(14-7-3-2-4-8-14)17-11-15-9-5-6-10-16(15)12-18(17)19/h2-12H,1,19H2.